The maximum Gasteiger partial charge on any atom is 0.194 e. The third-order valence-corrected chi connectivity index (χ3v) is 7.26. The summed E-state index contributed by atoms with van der Waals surface area (Å²) >= 11 is 1.49. The van der Waals surface area contributed by atoms with Crippen molar-refractivity contribution in [1.29, 1.82) is 0 Å². The zero-order valence-electron chi connectivity index (χ0n) is 19.7. The van der Waals surface area contributed by atoms with Crippen LogP contribution in [0, 0.1) is 24.4 Å². The molecule has 0 amide bonds. The van der Waals surface area contributed by atoms with Gasteiger partial charge in [0.1, 0.15) is 29.8 Å². The van der Waals surface area contributed by atoms with E-state index >= 15 is 0 Å². The van der Waals surface area contributed by atoms with Gasteiger partial charge in [-0.05, 0) is 37.3 Å². The minimum atomic E-state index is -1.58. The second-order valence-corrected chi connectivity index (χ2v) is 9.80. The largest absolute Gasteiger partial charge is 0.394 e. The van der Waals surface area contributed by atoms with Crippen LogP contribution in [0.4, 0.5) is 13.2 Å². The fourth-order valence-corrected chi connectivity index (χ4v) is 5.33. The van der Waals surface area contributed by atoms with Gasteiger partial charge >= 0.3 is 0 Å². The van der Waals surface area contributed by atoms with Gasteiger partial charge in [-0.2, -0.15) is 5.10 Å². The molecule has 2 N–H and O–H groups in total. The summed E-state index contributed by atoms with van der Waals surface area (Å²) in [5, 5.41) is 33.4. The van der Waals surface area contributed by atoms with Crippen LogP contribution in [0.15, 0.2) is 42.0 Å². The lowest BCUT2D eigenvalue weighted by Crippen LogP contribution is -2.45. The molecule has 4 heterocycles. The maximum absolute atomic E-state index is 13.8. The first-order valence-electron chi connectivity index (χ1n) is 11.6. The molecule has 0 bridgehead atoms. The maximum atomic E-state index is 13.8. The van der Waals surface area contributed by atoms with Crippen molar-refractivity contribution in [2.45, 2.75) is 37.7 Å². The summed E-state index contributed by atoms with van der Waals surface area (Å²) in [6, 6.07) is 6.58. The number of halogens is 3. The van der Waals surface area contributed by atoms with E-state index in [4.69, 9.17) is 4.74 Å². The number of thiazole rings is 1. The number of aliphatic hydroxyl groups is 2. The number of rotatable bonds is 5. The van der Waals surface area contributed by atoms with E-state index in [2.05, 4.69) is 25.4 Å². The average Bonchev–Trinajstić information content (AvgIpc) is 3.66. The smallest absolute Gasteiger partial charge is 0.194 e. The Morgan fingerprint density at radius 1 is 1.16 bits per heavy atom. The monoisotopic (exact) mass is 543 g/mol. The van der Waals surface area contributed by atoms with Gasteiger partial charge in [-0.1, -0.05) is 5.21 Å². The summed E-state index contributed by atoms with van der Waals surface area (Å²) in [7, 11) is 0. The van der Waals surface area contributed by atoms with E-state index < -0.39 is 48.4 Å². The van der Waals surface area contributed by atoms with Crippen molar-refractivity contribution in [3.8, 4) is 16.9 Å². The van der Waals surface area contributed by atoms with E-state index in [1.54, 1.807) is 17.1 Å². The molecule has 0 unspecified atom stereocenters. The van der Waals surface area contributed by atoms with Gasteiger partial charge in [0.15, 0.2) is 23.3 Å². The number of nitrogens with zero attached hydrogens (tertiary/aromatic N) is 7. The summed E-state index contributed by atoms with van der Waals surface area (Å²) in [6.07, 6.45) is -1.30. The summed E-state index contributed by atoms with van der Waals surface area (Å²) < 4.78 is 50.9. The molecule has 0 aliphatic carbocycles. The number of fused-ring (bicyclic) bond motifs is 1. The van der Waals surface area contributed by atoms with Crippen molar-refractivity contribution < 1.29 is 28.1 Å². The second-order valence-electron chi connectivity index (χ2n) is 8.91. The Morgan fingerprint density at radius 3 is 2.71 bits per heavy atom. The van der Waals surface area contributed by atoms with E-state index in [1.165, 1.54) is 22.2 Å². The number of ether oxygens (including phenoxy) is 1. The fourth-order valence-electron chi connectivity index (χ4n) is 4.62. The molecule has 1 saturated heterocycles. The predicted molar refractivity (Wildman–Crippen MR) is 129 cm³/mol. The molecule has 0 spiro atoms. The molecule has 6 rings (SSSR count). The van der Waals surface area contributed by atoms with Gasteiger partial charge in [0.25, 0.3) is 0 Å². The highest BCUT2D eigenvalue weighted by molar-refractivity contribution is 7.16. The lowest BCUT2D eigenvalue weighted by Gasteiger charge is -2.38. The molecule has 5 aromatic rings. The number of hydrogen-bond acceptors (Lipinski definition) is 9. The van der Waals surface area contributed by atoms with Crippen molar-refractivity contribution in [1.82, 2.24) is 34.7 Å². The Balaban J connectivity index is 1.35. The van der Waals surface area contributed by atoms with Crippen molar-refractivity contribution in [3.05, 3.63) is 71.1 Å². The molecule has 1 aliphatic rings. The van der Waals surface area contributed by atoms with E-state index in [-0.39, 0.29) is 17.7 Å². The van der Waals surface area contributed by atoms with Crippen molar-refractivity contribution in [3.63, 3.8) is 0 Å². The van der Waals surface area contributed by atoms with Crippen LogP contribution in [0.25, 0.3) is 27.2 Å². The molecule has 10 nitrogen and oxygen atoms in total. The van der Waals surface area contributed by atoms with Gasteiger partial charge < -0.3 is 14.9 Å². The summed E-state index contributed by atoms with van der Waals surface area (Å²) in [6.45, 7) is 1.26. The number of aliphatic hydroxyl groups excluding tert-OH is 2. The molecular formula is C24H20F3N7O3S. The predicted octanol–water partition coefficient (Wildman–Crippen LogP) is 3.29. The van der Waals surface area contributed by atoms with Crippen LogP contribution >= 0.6 is 11.3 Å². The number of hydrogen-bond donors (Lipinski definition) is 2. The molecule has 38 heavy (non-hydrogen) atoms. The Labute approximate surface area is 217 Å². The normalized spacial score (nSPS) is 21.8. The first-order chi connectivity index (χ1) is 18.3. The number of benzene rings is 2. The Morgan fingerprint density at radius 2 is 1.95 bits per heavy atom. The first kappa shape index (κ1) is 24.6. The zero-order chi connectivity index (χ0) is 26.6. The van der Waals surface area contributed by atoms with Crippen LogP contribution in [0.5, 0.6) is 0 Å². The Bertz CT molecular complexity index is 1610. The van der Waals surface area contributed by atoms with Crippen LogP contribution < -0.4 is 0 Å². The van der Waals surface area contributed by atoms with Gasteiger partial charge in [0, 0.05) is 12.0 Å². The van der Waals surface area contributed by atoms with Crippen LogP contribution in [-0.2, 0) is 4.74 Å². The summed E-state index contributed by atoms with van der Waals surface area (Å²) in [5.74, 6) is -3.33. The van der Waals surface area contributed by atoms with Crippen molar-refractivity contribution in [2.75, 3.05) is 6.61 Å². The molecular weight excluding hydrogens is 523 g/mol. The summed E-state index contributed by atoms with van der Waals surface area (Å²) in [5.41, 5.74) is 3.42. The Kier molecular flexibility index (Phi) is 6.18. The minimum Gasteiger partial charge on any atom is -0.394 e. The van der Waals surface area contributed by atoms with E-state index in [0.29, 0.717) is 11.6 Å². The van der Waals surface area contributed by atoms with Crippen LogP contribution in [0.3, 0.4) is 0 Å². The highest BCUT2D eigenvalue weighted by Crippen LogP contribution is 2.38. The topological polar surface area (TPSA) is 124 Å². The van der Waals surface area contributed by atoms with Gasteiger partial charge in [-0.25, -0.2) is 32.5 Å². The Hall–Kier alpha value is -3.72. The van der Waals surface area contributed by atoms with E-state index in [0.717, 1.165) is 28.0 Å². The average molecular weight is 544 g/mol. The van der Waals surface area contributed by atoms with Gasteiger partial charge in [0.2, 0.25) is 0 Å². The SMILES string of the molecule is Cc1nc([C@H]2C[C@@H](n3cc(-c4cc(F)c(F)c(F)c4)nn3)[C@@H](O)[C@@H](CO)O2)n(-c2ccc3ncsc3c2)n1. The molecule has 1 fully saturated rings. The van der Waals surface area contributed by atoms with E-state index in [1.807, 2.05) is 18.2 Å². The molecule has 14 heteroatoms. The highest BCUT2D eigenvalue weighted by atomic mass is 32.1. The fraction of sp³-hybridized carbons (Fsp3) is 0.292. The number of aromatic nitrogens is 7. The molecule has 196 valence electrons. The number of aryl methyl sites for hydroxylation is 1. The lowest BCUT2D eigenvalue weighted by molar-refractivity contribution is -0.161. The molecule has 3 aromatic heterocycles. The quantitative estimate of drug-likeness (QED) is 0.324. The third-order valence-electron chi connectivity index (χ3n) is 6.46. The van der Waals surface area contributed by atoms with Crippen molar-refractivity contribution in [2.24, 2.45) is 0 Å². The molecule has 1 aliphatic heterocycles. The van der Waals surface area contributed by atoms with Crippen LogP contribution in [0.2, 0.25) is 0 Å². The minimum absolute atomic E-state index is 0.0155. The molecule has 4 atom stereocenters. The highest BCUT2D eigenvalue weighted by Gasteiger charge is 2.41. The second kappa shape index (κ2) is 9.54. The molecule has 0 radical (unpaired) electrons. The zero-order valence-corrected chi connectivity index (χ0v) is 20.6. The standard InChI is InChI=1S/C24H20F3N7O3S/c1-11-29-24(34(31-11)13-2-3-16-21(6-13)38-10-28-16)19-7-18(23(36)20(9-35)37-19)33-8-17(30-32-33)12-4-14(25)22(27)15(26)5-12/h2-6,8,10,18-20,23,35-36H,7,9H2,1H3/t18-,19-,20-,23-/m1/s1. The van der Waals surface area contributed by atoms with Crippen LogP contribution in [0.1, 0.15) is 30.2 Å². The van der Waals surface area contributed by atoms with Crippen molar-refractivity contribution >= 4 is 21.6 Å². The lowest BCUT2D eigenvalue weighted by atomic mass is 9.95. The van der Waals surface area contributed by atoms with Gasteiger partial charge in [0.05, 0.1) is 40.3 Å². The molecule has 0 saturated carbocycles. The summed E-state index contributed by atoms with van der Waals surface area (Å²) in [4.78, 5) is 8.87. The van der Waals surface area contributed by atoms with Gasteiger partial charge in [-0.15, -0.1) is 16.4 Å². The first-order valence-corrected chi connectivity index (χ1v) is 12.5. The van der Waals surface area contributed by atoms with Crippen LogP contribution in [-0.4, -0.2) is 63.8 Å². The van der Waals surface area contributed by atoms with E-state index in [9.17, 15) is 23.4 Å². The molecule has 2 aromatic carbocycles. The third kappa shape index (κ3) is 4.24. The van der Waals surface area contributed by atoms with Gasteiger partial charge in [-0.3, -0.25) is 0 Å².